The highest BCUT2D eigenvalue weighted by Gasteiger charge is 2.15. The van der Waals surface area contributed by atoms with Crippen molar-refractivity contribution in [2.45, 2.75) is 6.92 Å². The van der Waals surface area contributed by atoms with Gasteiger partial charge in [-0.2, -0.15) is 5.10 Å². The summed E-state index contributed by atoms with van der Waals surface area (Å²) in [7, 11) is 0. The number of aryl methyl sites for hydroxylation is 1. The van der Waals surface area contributed by atoms with Crippen molar-refractivity contribution in [1.82, 2.24) is 19.6 Å². The average Bonchev–Trinajstić information content (AvgIpc) is 3.00. The van der Waals surface area contributed by atoms with Crippen molar-refractivity contribution in [1.29, 1.82) is 0 Å². The third-order valence-corrected chi connectivity index (χ3v) is 3.43. The van der Waals surface area contributed by atoms with Crippen LogP contribution in [0.25, 0.3) is 4.96 Å². The van der Waals surface area contributed by atoms with Crippen LogP contribution in [0.2, 0.25) is 0 Å². The van der Waals surface area contributed by atoms with Crippen molar-refractivity contribution in [3.63, 3.8) is 0 Å². The first-order valence-corrected chi connectivity index (χ1v) is 6.31. The van der Waals surface area contributed by atoms with E-state index in [1.54, 1.807) is 24.7 Å². The van der Waals surface area contributed by atoms with E-state index in [2.05, 4.69) is 20.5 Å². The number of amides is 1. The molecule has 0 spiro atoms. The summed E-state index contributed by atoms with van der Waals surface area (Å²) in [6.07, 6.45) is 4.46. The number of carbonyl (C=O) groups excluding carboxylic acids is 1. The molecule has 3 rings (SSSR count). The number of aromatic amines is 1. The summed E-state index contributed by atoms with van der Waals surface area (Å²) >= 11 is 1.33. The molecule has 2 N–H and O–H groups in total. The fourth-order valence-corrected chi connectivity index (χ4v) is 2.31. The van der Waals surface area contributed by atoms with Crippen molar-refractivity contribution in [3.8, 4) is 0 Å². The second-order valence-corrected chi connectivity index (χ2v) is 4.79. The SMILES string of the molecule is Cc1cn[nH]c1NC(=O)c1cnc2sccn2c1=O. The monoisotopic (exact) mass is 275 g/mol. The van der Waals surface area contributed by atoms with Crippen LogP contribution in [0.3, 0.4) is 0 Å². The number of nitrogens with one attached hydrogen (secondary N) is 2. The zero-order valence-electron chi connectivity index (χ0n) is 9.88. The van der Waals surface area contributed by atoms with Gasteiger partial charge in [0, 0.05) is 23.3 Å². The fraction of sp³-hybridized carbons (Fsp3) is 0.0909. The van der Waals surface area contributed by atoms with Crippen LogP contribution in [-0.2, 0) is 0 Å². The molecular weight excluding hydrogens is 266 g/mol. The lowest BCUT2D eigenvalue weighted by molar-refractivity contribution is 0.102. The first-order valence-electron chi connectivity index (χ1n) is 5.43. The Morgan fingerprint density at radius 2 is 2.32 bits per heavy atom. The van der Waals surface area contributed by atoms with E-state index in [0.717, 1.165) is 5.56 Å². The van der Waals surface area contributed by atoms with E-state index >= 15 is 0 Å². The molecule has 0 bridgehead atoms. The van der Waals surface area contributed by atoms with Crippen LogP contribution in [0.4, 0.5) is 5.82 Å². The Morgan fingerprint density at radius 3 is 3.05 bits per heavy atom. The highest BCUT2D eigenvalue weighted by molar-refractivity contribution is 7.15. The molecule has 1 amide bonds. The van der Waals surface area contributed by atoms with Crippen molar-refractivity contribution < 1.29 is 4.79 Å². The van der Waals surface area contributed by atoms with E-state index in [1.165, 1.54) is 21.9 Å². The second kappa shape index (κ2) is 4.32. The minimum Gasteiger partial charge on any atom is -0.306 e. The normalized spacial score (nSPS) is 10.8. The van der Waals surface area contributed by atoms with Crippen LogP contribution in [0, 0.1) is 6.92 Å². The summed E-state index contributed by atoms with van der Waals surface area (Å²) in [4.78, 5) is 28.8. The maximum atomic E-state index is 12.1. The van der Waals surface area contributed by atoms with E-state index in [9.17, 15) is 9.59 Å². The summed E-state index contributed by atoms with van der Waals surface area (Å²) < 4.78 is 1.35. The predicted octanol–water partition coefficient (Wildman–Crippen LogP) is 1.04. The lowest BCUT2D eigenvalue weighted by Gasteiger charge is -2.03. The highest BCUT2D eigenvalue weighted by Crippen LogP contribution is 2.10. The van der Waals surface area contributed by atoms with Crippen LogP contribution in [-0.4, -0.2) is 25.5 Å². The Labute approximate surface area is 110 Å². The third kappa shape index (κ3) is 1.91. The van der Waals surface area contributed by atoms with Gasteiger partial charge in [-0.1, -0.05) is 0 Å². The number of rotatable bonds is 2. The Hall–Kier alpha value is -2.48. The Bertz CT molecular complexity index is 816. The third-order valence-electron chi connectivity index (χ3n) is 2.65. The number of fused-ring (bicyclic) bond motifs is 1. The molecule has 0 saturated heterocycles. The topological polar surface area (TPSA) is 92.2 Å². The summed E-state index contributed by atoms with van der Waals surface area (Å²) in [6, 6.07) is 0. The van der Waals surface area contributed by atoms with Gasteiger partial charge in [-0.05, 0) is 6.92 Å². The molecule has 3 aromatic heterocycles. The second-order valence-electron chi connectivity index (χ2n) is 3.91. The Balaban J connectivity index is 2.00. The smallest absolute Gasteiger partial charge is 0.271 e. The molecule has 0 aliphatic carbocycles. The summed E-state index contributed by atoms with van der Waals surface area (Å²) in [6.45, 7) is 1.80. The van der Waals surface area contributed by atoms with Gasteiger partial charge in [0.15, 0.2) is 4.96 Å². The number of aromatic nitrogens is 4. The number of nitrogens with zero attached hydrogens (tertiary/aromatic N) is 3. The molecule has 0 radical (unpaired) electrons. The molecule has 0 aliphatic rings. The maximum Gasteiger partial charge on any atom is 0.271 e. The summed E-state index contributed by atoms with van der Waals surface area (Å²) in [5.41, 5.74) is 0.392. The minimum absolute atomic E-state index is 0.00935. The number of hydrogen-bond donors (Lipinski definition) is 2. The fourth-order valence-electron chi connectivity index (χ4n) is 1.63. The van der Waals surface area contributed by atoms with E-state index < -0.39 is 5.91 Å². The molecular formula is C11H9N5O2S. The molecule has 19 heavy (non-hydrogen) atoms. The van der Waals surface area contributed by atoms with Gasteiger partial charge < -0.3 is 5.32 Å². The molecule has 0 unspecified atom stereocenters. The van der Waals surface area contributed by atoms with Gasteiger partial charge >= 0.3 is 0 Å². The van der Waals surface area contributed by atoms with Gasteiger partial charge in [0.1, 0.15) is 11.4 Å². The van der Waals surface area contributed by atoms with Crippen LogP contribution in [0.5, 0.6) is 0 Å². The zero-order chi connectivity index (χ0) is 13.4. The molecule has 96 valence electrons. The molecule has 3 heterocycles. The van der Waals surface area contributed by atoms with Crippen molar-refractivity contribution in [2.75, 3.05) is 5.32 Å². The molecule has 0 aliphatic heterocycles. The molecule has 0 aromatic carbocycles. The molecule has 0 atom stereocenters. The van der Waals surface area contributed by atoms with Crippen molar-refractivity contribution >= 4 is 28.0 Å². The van der Waals surface area contributed by atoms with Crippen LogP contribution in [0.15, 0.2) is 28.8 Å². The van der Waals surface area contributed by atoms with Crippen LogP contribution in [0.1, 0.15) is 15.9 Å². The van der Waals surface area contributed by atoms with E-state index in [4.69, 9.17) is 0 Å². The molecule has 3 aromatic rings. The van der Waals surface area contributed by atoms with Gasteiger partial charge in [-0.15, -0.1) is 11.3 Å². The van der Waals surface area contributed by atoms with Gasteiger partial charge in [0.05, 0.1) is 6.20 Å². The molecule has 8 heteroatoms. The number of anilines is 1. The van der Waals surface area contributed by atoms with Crippen LogP contribution < -0.4 is 10.9 Å². The van der Waals surface area contributed by atoms with Gasteiger partial charge in [0.2, 0.25) is 0 Å². The number of carbonyl (C=O) groups is 1. The van der Waals surface area contributed by atoms with Gasteiger partial charge in [-0.25, -0.2) is 4.98 Å². The first-order chi connectivity index (χ1) is 9.16. The van der Waals surface area contributed by atoms with Gasteiger partial charge in [0.25, 0.3) is 11.5 Å². The number of H-pyrrole nitrogens is 1. The van der Waals surface area contributed by atoms with E-state index in [0.29, 0.717) is 10.8 Å². The quantitative estimate of drug-likeness (QED) is 0.731. The standard InChI is InChI=1S/C11H9N5O2S/c1-6-4-13-15-8(6)14-9(17)7-5-12-11-16(10(7)18)2-3-19-11/h2-5H,1H3,(H2,13,14,15,17). The van der Waals surface area contributed by atoms with Crippen molar-refractivity contribution in [2.24, 2.45) is 0 Å². The Kier molecular flexibility index (Phi) is 2.64. The molecule has 0 fully saturated rings. The van der Waals surface area contributed by atoms with Crippen molar-refractivity contribution in [3.05, 3.63) is 45.5 Å². The highest BCUT2D eigenvalue weighted by atomic mass is 32.1. The molecule has 7 nitrogen and oxygen atoms in total. The van der Waals surface area contributed by atoms with E-state index in [1.807, 2.05) is 0 Å². The number of hydrogen-bond acceptors (Lipinski definition) is 5. The lowest BCUT2D eigenvalue weighted by atomic mass is 10.3. The van der Waals surface area contributed by atoms with E-state index in [-0.39, 0.29) is 11.1 Å². The lowest BCUT2D eigenvalue weighted by Crippen LogP contribution is -2.26. The minimum atomic E-state index is -0.509. The summed E-state index contributed by atoms with van der Waals surface area (Å²) in [5.74, 6) is -0.0368. The van der Waals surface area contributed by atoms with Gasteiger partial charge in [-0.3, -0.25) is 19.1 Å². The zero-order valence-corrected chi connectivity index (χ0v) is 10.7. The largest absolute Gasteiger partial charge is 0.306 e. The van der Waals surface area contributed by atoms with Crippen LogP contribution >= 0.6 is 11.3 Å². The Morgan fingerprint density at radius 1 is 1.47 bits per heavy atom. The number of thiazole rings is 1. The maximum absolute atomic E-state index is 12.1. The average molecular weight is 275 g/mol. The predicted molar refractivity (Wildman–Crippen MR) is 70.6 cm³/mol. The molecule has 0 saturated carbocycles. The first kappa shape index (κ1) is 11.6. The summed E-state index contributed by atoms with van der Waals surface area (Å²) in [5, 5.41) is 10.8.